The lowest BCUT2D eigenvalue weighted by atomic mass is 10.2. The SMILES string of the molecule is O=C(COC(=O)c1ccccc1NCc1ccco1)NC(=O)c1cccs1. The zero-order chi connectivity index (χ0) is 19.1. The van der Waals surface area contributed by atoms with Crippen LogP contribution in [0, 0.1) is 0 Å². The van der Waals surface area contributed by atoms with Crippen LogP contribution >= 0.6 is 11.3 Å². The van der Waals surface area contributed by atoms with Crippen molar-refractivity contribution < 1.29 is 23.5 Å². The third-order valence-electron chi connectivity index (χ3n) is 3.51. The summed E-state index contributed by atoms with van der Waals surface area (Å²) in [4.78, 5) is 36.3. The summed E-state index contributed by atoms with van der Waals surface area (Å²) in [7, 11) is 0. The maximum Gasteiger partial charge on any atom is 0.340 e. The van der Waals surface area contributed by atoms with Crippen LogP contribution in [-0.2, 0) is 16.1 Å². The van der Waals surface area contributed by atoms with Crippen LogP contribution in [0.25, 0.3) is 0 Å². The highest BCUT2D eigenvalue weighted by Gasteiger charge is 2.16. The first kappa shape index (κ1) is 18.4. The van der Waals surface area contributed by atoms with Gasteiger partial charge in [-0.05, 0) is 35.7 Å². The van der Waals surface area contributed by atoms with E-state index in [1.54, 1.807) is 54.1 Å². The summed E-state index contributed by atoms with van der Waals surface area (Å²) in [6, 6.07) is 13.7. The van der Waals surface area contributed by atoms with Gasteiger partial charge in [-0.25, -0.2) is 4.79 Å². The topological polar surface area (TPSA) is 97.6 Å². The van der Waals surface area contributed by atoms with Crippen LogP contribution in [-0.4, -0.2) is 24.4 Å². The summed E-state index contributed by atoms with van der Waals surface area (Å²) in [5.74, 6) is -1.17. The van der Waals surface area contributed by atoms with Gasteiger partial charge in [-0.3, -0.25) is 14.9 Å². The Bertz CT molecular complexity index is 920. The Labute approximate surface area is 159 Å². The number of rotatable bonds is 7. The van der Waals surface area contributed by atoms with E-state index >= 15 is 0 Å². The molecule has 2 amide bonds. The number of hydrogen-bond donors (Lipinski definition) is 2. The summed E-state index contributed by atoms with van der Waals surface area (Å²) in [6.45, 7) is -0.157. The molecule has 0 saturated carbocycles. The first-order chi connectivity index (χ1) is 13.1. The minimum absolute atomic E-state index is 0.279. The van der Waals surface area contributed by atoms with Crippen molar-refractivity contribution in [3.8, 4) is 0 Å². The smallest absolute Gasteiger partial charge is 0.340 e. The molecule has 0 radical (unpaired) electrons. The van der Waals surface area contributed by atoms with Crippen molar-refractivity contribution >= 4 is 34.8 Å². The molecule has 3 rings (SSSR count). The van der Waals surface area contributed by atoms with Crippen LogP contribution in [0.4, 0.5) is 5.69 Å². The number of anilines is 1. The van der Waals surface area contributed by atoms with Crippen molar-refractivity contribution in [2.75, 3.05) is 11.9 Å². The molecule has 0 fully saturated rings. The molecule has 0 aliphatic carbocycles. The summed E-state index contributed by atoms with van der Waals surface area (Å²) in [6.07, 6.45) is 1.56. The largest absolute Gasteiger partial charge is 0.467 e. The van der Waals surface area contributed by atoms with Gasteiger partial charge in [-0.15, -0.1) is 11.3 Å². The number of amides is 2. The summed E-state index contributed by atoms with van der Waals surface area (Å²) < 4.78 is 10.3. The van der Waals surface area contributed by atoms with Gasteiger partial charge < -0.3 is 14.5 Å². The van der Waals surface area contributed by atoms with Gasteiger partial charge in [0.1, 0.15) is 5.76 Å². The molecule has 3 aromatic rings. The molecular weight excluding hydrogens is 368 g/mol. The van der Waals surface area contributed by atoms with Crippen LogP contribution < -0.4 is 10.6 Å². The highest BCUT2D eigenvalue weighted by Crippen LogP contribution is 2.17. The molecule has 2 N–H and O–H groups in total. The lowest BCUT2D eigenvalue weighted by molar-refractivity contribution is -0.123. The fraction of sp³-hybridized carbons (Fsp3) is 0.105. The minimum Gasteiger partial charge on any atom is -0.467 e. The number of para-hydroxylation sites is 1. The van der Waals surface area contributed by atoms with Gasteiger partial charge in [0.05, 0.1) is 23.2 Å². The van der Waals surface area contributed by atoms with Crippen LogP contribution in [0.3, 0.4) is 0 Å². The second kappa shape index (κ2) is 8.81. The van der Waals surface area contributed by atoms with Gasteiger partial charge in [0, 0.05) is 5.69 Å². The number of furan rings is 1. The third-order valence-corrected chi connectivity index (χ3v) is 4.38. The van der Waals surface area contributed by atoms with Crippen molar-refractivity contribution in [3.63, 3.8) is 0 Å². The van der Waals surface area contributed by atoms with Crippen LogP contribution in [0.5, 0.6) is 0 Å². The molecule has 138 valence electrons. The number of nitrogens with one attached hydrogen (secondary N) is 2. The van der Waals surface area contributed by atoms with E-state index in [-0.39, 0.29) is 5.56 Å². The average molecular weight is 384 g/mol. The van der Waals surface area contributed by atoms with Crippen LogP contribution in [0.15, 0.2) is 64.6 Å². The molecule has 0 aliphatic rings. The Hall–Kier alpha value is -3.39. The number of thiophene rings is 1. The zero-order valence-corrected chi connectivity index (χ0v) is 15.0. The first-order valence-electron chi connectivity index (χ1n) is 8.03. The van der Waals surface area contributed by atoms with Crippen LogP contribution in [0.1, 0.15) is 25.8 Å². The molecule has 0 spiro atoms. The van der Waals surface area contributed by atoms with E-state index in [0.717, 1.165) is 0 Å². The number of carbonyl (C=O) groups is 3. The molecule has 0 atom stereocenters. The molecule has 27 heavy (non-hydrogen) atoms. The van der Waals surface area contributed by atoms with E-state index in [1.165, 1.54) is 11.3 Å². The second-order valence-electron chi connectivity index (χ2n) is 5.41. The van der Waals surface area contributed by atoms with E-state index in [4.69, 9.17) is 9.15 Å². The predicted octanol–water partition coefficient (Wildman–Crippen LogP) is 3.07. The van der Waals surface area contributed by atoms with Crippen molar-refractivity contribution in [1.82, 2.24) is 5.32 Å². The van der Waals surface area contributed by atoms with E-state index in [2.05, 4.69) is 10.6 Å². The normalized spacial score (nSPS) is 10.2. The highest BCUT2D eigenvalue weighted by atomic mass is 32.1. The lowest BCUT2D eigenvalue weighted by Gasteiger charge is -2.11. The molecular formula is C19H16N2O5S. The molecule has 2 heterocycles. The van der Waals surface area contributed by atoms with E-state index in [0.29, 0.717) is 22.9 Å². The molecule has 2 aromatic heterocycles. The third kappa shape index (κ3) is 5.05. The van der Waals surface area contributed by atoms with Gasteiger partial charge in [0.15, 0.2) is 6.61 Å². The first-order valence-corrected chi connectivity index (χ1v) is 8.91. The molecule has 1 aromatic carbocycles. The molecule has 8 heteroatoms. The average Bonchev–Trinajstić information content (AvgIpc) is 3.38. The molecule has 0 saturated heterocycles. The number of benzene rings is 1. The number of ether oxygens (including phenoxy) is 1. The summed E-state index contributed by atoms with van der Waals surface area (Å²) >= 11 is 1.21. The van der Waals surface area contributed by atoms with Crippen molar-refractivity contribution in [2.45, 2.75) is 6.54 Å². The van der Waals surface area contributed by atoms with Gasteiger partial charge >= 0.3 is 5.97 Å². The van der Waals surface area contributed by atoms with E-state index < -0.39 is 24.4 Å². The standard InChI is InChI=1S/C19H16N2O5S/c22-17(21-18(23)16-8-4-10-27-16)12-26-19(24)14-6-1-2-7-15(14)20-11-13-5-3-9-25-13/h1-10,20H,11-12H2,(H,21,22,23). The molecule has 7 nitrogen and oxygen atoms in total. The number of hydrogen-bond acceptors (Lipinski definition) is 7. The maximum absolute atomic E-state index is 12.3. The zero-order valence-electron chi connectivity index (χ0n) is 14.1. The molecule has 0 aliphatic heterocycles. The Balaban J connectivity index is 1.54. The van der Waals surface area contributed by atoms with E-state index in [9.17, 15) is 14.4 Å². The second-order valence-corrected chi connectivity index (χ2v) is 6.36. The lowest BCUT2D eigenvalue weighted by Crippen LogP contribution is -2.33. The molecule has 0 unspecified atom stereocenters. The molecule has 0 bridgehead atoms. The van der Waals surface area contributed by atoms with Gasteiger partial charge in [0.25, 0.3) is 11.8 Å². The van der Waals surface area contributed by atoms with Crippen molar-refractivity contribution in [1.29, 1.82) is 0 Å². The number of esters is 1. The monoisotopic (exact) mass is 384 g/mol. The van der Waals surface area contributed by atoms with Gasteiger partial charge in [-0.2, -0.15) is 0 Å². The van der Waals surface area contributed by atoms with Crippen molar-refractivity contribution in [3.05, 3.63) is 76.4 Å². The fourth-order valence-corrected chi connectivity index (χ4v) is 2.87. The van der Waals surface area contributed by atoms with Crippen LogP contribution in [0.2, 0.25) is 0 Å². The Morgan fingerprint density at radius 3 is 2.63 bits per heavy atom. The summed E-state index contributed by atoms with van der Waals surface area (Å²) in [5.41, 5.74) is 0.829. The summed E-state index contributed by atoms with van der Waals surface area (Å²) in [5, 5.41) is 6.99. The quantitative estimate of drug-likeness (QED) is 0.608. The van der Waals surface area contributed by atoms with Gasteiger partial charge in [-0.1, -0.05) is 18.2 Å². The van der Waals surface area contributed by atoms with Gasteiger partial charge in [0.2, 0.25) is 0 Å². The van der Waals surface area contributed by atoms with Crippen molar-refractivity contribution in [2.24, 2.45) is 0 Å². The number of imide groups is 1. The highest BCUT2D eigenvalue weighted by molar-refractivity contribution is 7.12. The Morgan fingerprint density at radius 1 is 1.04 bits per heavy atom. The Kier molecular flexibility index (Phi) is 6.01. The maximum atomic E-state index is 12.3. The fourth-order valence-electron chi connectivity index (χ4n) is 2.25. The predicted molar refractivity (Wildman–Crippen MR) is 99.6 cm³/mol. The minimum atomic E-state index is -0.692. The van der Waals surface area contributed by atoms with E-state index in [1.807, 2.05) is 6.07 Å². The Morgan fingerprint density at radius 2 is 1.89 bits per heavy atom. The number of carbonyl (C=O) groups excluding carboxylic acids is 3.